The minimum absolute atomic E-state index is 0.227. The van der Waals surface area contributed by atoms with E-state index in [0.717, 1.165) is 11.8 Å². The highest BCUT2D eigenvalue weighted by atomic mass is 32.2. The molecule has 0 aromatic heterocycles. The van der Waals surface area contributed by atoms with E-state index in [1.807, 2.05) is 5.40 Å². The van der Waals surface area contributed by atoms with Gasteiger partial charge in [0.15, 0.2) is 22.6 Å². The number of nitriles is 1. The molecule has 0 aromatic rings. The number of esters is 1. The fourth-order valence-corrected chi connectivity index (χ4v) is 4.30. The Balaban J connectivity index is 1.99. The first-order valence-electron chi connectivity index (χ1n) is 7.63. The van der Waals surface area contributed by atoms with Gasteiger partial charge in [-0.15, -0.1) is 0 Å². The van der Waals surface area contributed by atoms with Crippen molar-refractivity contribution in [2.75, 3.05) is 13.7 Å². The van der Waals surface area contributed by atoms with Gasteiger partial charge >= 0.3 is 5.97 Å². The largest absolute Gasteiger partial charge is 0.468 e. The number of fused-ring (bicyclic) bond motifs is 1. The molecule has 134 valence electrons. The molecule has 0 radical (unpaired) electrons. The van der Waals surface area contributed by atoms with Crippen molar-refractivity contribution in [3.05, 3.63) is 0 Å². The van der Waals surface area contributed by atoms with E-state index < -0.39 is 46.9 Å². The first-order chi connectivity index (χ1) is 11.1. The molecule has 0 saturated carbocycles. The number of carbonyl (C=O) groups excluding carboxylic acids is 1. The van der Waals surface area contributed by atoms with E-state index in [2.05, 4.69) is 0 Å². The standard InChI is InChI=1S/C15H21NO7S/c1-13(2)19-6-8(21-13)9-15(24-7-16,12(17)18-5)10-11(20-9)23-14(3,4)22-10/h8-11H,6H2,1-5H3/t8-,9-,10+,11-,15+/m1/s1. The lowest BCUT2D eigenvalue weighted by atomic mass is 9.93. The third kappa shape index (κ3) is 2.71. The number of hydrogen-bond acceptors (Lipinski definition) is 9. The maximum absolute atomic E-state index is 12.7. The van der Waals surface area contributed by atoms with Crippen LogP contribution in [0.15, 0.2) is 0 Å². The molecule has 24 heavy (non-hydrogen) atoms. The Morgan fingerprint density at radius 2 is 1.88 bits per heavy atom. The number of methoxy groups -OCH3 is 1. The van der Waals surface area contributed by atoms with Gasteiger partial charge in [-0.2, -0.15) is 5.26 Å². The number of carbonyl (C=O) groups is 1. The Bertz CT molecular complexity index is 575. The summed E-state index contributed by atoms with van der Waals surface area (Å²) in [6.07, 6.45) is -2.94. The minimum atomic E-state index is -1.42. The Morgan fingerprint density at radius 1 is 1.17 bits per heavy atom. The Morgan fingerprint density at radius 3 is 2.42 bits per heavy atom. The quantitative estimate of drug-likeness (QED) is 0.543. The Labute approximate surface area is 144 Å². The van der Waals surface area contributed by atoms with Crippen molar-refractivity contribution in [1.29, 1.82) is 5.26 Å². The molecule has 3 fully saturated rings. The second kappa shape index (κ2) is 5.83. The fraction of sp³-hybridized carbons (Fsp3) is 0.867. The third-order valence-electron chi connectivity index (χ3n) is 4.27. The summed E-state index contributed by atoms with van der Waals surface area (Å²) in [5, 5.41) is 11.3. The van der Waals surface area contributed by atoms with Crippen LogP contribution in [0.1, 0.15) is 27.7 Å². The first-order valence-corrected chi connectivity index (χ1v) is 8.45. The van der Waals surface area contributed by atoms with E-state index in [-0.39, 0.29) is 6.61 Å². The fourth-order valence-electron chi connectivity index (χ4n) is 3.38. The summed E-state index contributed by atoms with van der Waals surface area (Å²) in [6.45, 7) is 7.22. The van der Waals surface area contributed by atoms with E-state index in [1.165, 1.54) is 7.11 Å². The van der Waals surface area contributed by atoms with Gasteiger partial charge in [-0.1, -0.05) is 0 Å². The van der Waals surface area contributed by atoms with Crippen molar-refractivity contribution in [2.24, 2.45) is 0 Å². The maximum atomic E-state index is 12.7. The van der Waals surface area contributed by atoms with E-state index in [9.17, 15) is 10.1 Å². The van der Waals surface area contributed by atoms with Crippen LogP contribution in [0.5, 0.6) is 0 Å². The van der Waals surface area contributed by atoms with Crippen LogP contribution in [0.3, 0.4) is 0 Å². The SMILES string of the molecule is COC(=O)[C@]1(SC#N)[C@@H]([C@H]2COC(C)(C)O2)O[C@@H]2OC(C)(C)O[C@@H]21. The summed E-state index contributed by atoms with van der Waals surface area (Å²) in [6, 6.07) is 0. The number of thioether (sulfide) groups is 1. The van der Waals surface area contributed by atoms with Gasteiger partial charge in [-0.05, 0) is 39.5 Å². The Kier molecular flexibility index (Phi) is 4.35. The predicted molar refractivity (Wildman–Crippen MR) is 81.6 cm³/mol. The lowest BCUT2D eigenvalue weighted by Crippen LogP contribution is -2.57. The molecule has 5 atom stereocenters. The lowest BCUT2D eigenvalue weighted by Gasteiger charge is -2.35. The molecule has 3 rings (SSSR count). The van der Waals surface area contributed by atoms with Crippen molar-refractivity contribution >= 4 is 17.7 Å². The zero-order valence-electron chi connectivity index (χ0n) is 14.2. The zero-order valence-corrected chi connectivity index (χ0v) is 15.0. The molecule has 0 N–H and O–H groups in total. The number of nitrogens with zero attached hydrogens (tertiary/aromatic N) is 1. The van der Waals surface area contributed by atoms with Crippen LogP contribution in [0.25, 0.3) is 0 Å². The van der Waals surface area contributed by atoms with Gasteiger partial charge in [-0.25, -0.2) is 0 Å². The second-order valence-electron chi connectivity index (χ2n) is 6.83. The Hall–Kier alpha value is -0.890. The molecular formula is C15H21NO7S. The highest BCUT2D eigenvalue weighted by Crippen LogP contribution is 2.52. The number of ether oxygens (including phenoxy) is 6. The smallest absolute Gasteiger partial charge is 0.328 e. The molecule has 0 amide bonds. The summed E-state index contributed by atoms with van der Waals surface area (Å²) >= 11 is 0.757. The summed E-state index contributed by atoms with van der Waals surface area (Å²) < 4.78 is 32.6. The van der Waals surface area contributed by atoms with Crippen LogP contribution in [0.4, 0.5) is 0 Å². The molecule has 0 bridgehead atoms. The molecule has 3 aliphatic rings. The van der Waals surface area contributed by atoms with Gasteiger partial charge in [0.25, 0.3) is 0 Å². The van der Waals surface area contributed by atoms with Crippen molar-refractivity contribution in [1.82, 2.24) is 0 Å². The maximum Gasteiger partial charge on any atom is 0.328 e. The average Bonchev–Trinajstić information content (AvgIpc) is 3.08. The van der Waals surface area contributed by atoms with Crippen LogP contribution < -0.4 is 0 Å². The topological polar surface area (TPSA) is 96.2 Å². The minimum Gasteiger partial charge on any atom is -0.468 e. The number of thiocyanates is 1. The molecular weight excluding hydrogens is 338 g/mol. The van der Waals surface area contributed by atoms with Crippen molar-refractivity contribution < 1.29 is 33.2 Å². The highest BCUT2D eigenvalue weighted by molar-refractivity contribution is 8.05. The molecule has 0 aromatic carbocycles. The second-order valence-corrected chi connectivity index (χ2v) is 7.89. The first kappa shape index (κ1) is 17.9. The number of rotatable bonds is 3. The van der Waals surface area contributed by atoms with Crippen LogP contribution in [0.2, 0.25) is 0 Å². The van der Waals surface area contributed by atoms with Gasteiger partial charge in [0, 0.05) is 0 Å². The van der Waals surface area contributed by atoms with E-state index in [4.69, 9.17) is 28.4 Å². The van der Waals surface area contributed by atoms with E-state index in [0.29, 0.717) is 0 Å². The van der Waals surface area contributed by atoms with E-state index in [1.54, 1.807) is 27.7 Å². The van der Waals surface area contributed by atoms with Gasteiger partial charge in [0.2, 0.25) is 0 Å². The van der Waals surface area contributed by atoms with Crippen LogP contribution in [-0.2, 0) is 33.2 Å². The average molecular weight is 359 g/mol. The van der Waals surface area contributed by atoms with E-state index >= 15 is 0 Å². The van der Waals surface area contributed by atoms with Gasteiger partial charge in [0.05, 0.1) is 13.7 Å². The molecule has 8 nitrogen and oxygen atoms in total. The molecule has 0 spiro atoms. The molecule has 3 aliphatic heterocycles. The summed E-state index contributed by atoms with van der Waals surface area (Å²) in [7, 11) is 1.27. The van der Waals surface area contributed by atoms with Crippen LogP contribution in [-0.4, -0.2) is 60.6 Å². The highest BCUT2D eigenvalue weighted by Gasteiger charge is 2.71. The van der Waals surface area contributed by atoms with Gasteiger partial charge < -0.3 is 28.4 Å². The third-order valence-corrected chi connectivity index (χ3v) is 5.33. The molecule has 0 aliphatic carbocycles. The van der Waals surface area contributed by atoms with Crippen molar-refractivity contribution in [2.45, 2.75) is 68.6 Å². The summed E-state index contributed by atoms with van der Waals surface area (Å²) in [5.74, 6) is -2.34. The molecule has 0 unspecified atom stereocenters. The summed E-state index contributed by atoms with van der Waals surface area (Å²) in [5.41, 5.74) is 0. The normalized spacial score (nSPS) is 42.5. The predicted octanol–water partition coefficient (Wildman–Crippen LogP) is 1.14. The van der Waals surface area contributed by atoms with Gasteiger partial charge in [0.1, 0.15) is 23.7 Å². The lowest BCUT2D eigenvalue weighted by molar-refractivity contribution is -0.225. The summed E-state index contributed by atoms with van der Waals surface area (Å²) in [4.78, 5) is 12.7. The molecule has 3 heterocycles. The zero-order chi connectivity index (χ0) is 17.8. The van der Waals surface area contributed by atoms with Crippen molar-refractivity contribution in [3.63, 3.8) is 0 Å². The van der Waals surface area contributed by atoms with Crippen LogP contribution in [0, 0.1) is 10.7 Å². The van der Waals surface area contributed by atoms with Crippen molar-refractivity contribution in [3.8, 4) is 5.40 Å². The van der Waals surface area contributed by atoms with Gasteiger partial charge in [-0.3, -0.25) is 4.79 Å². The number of hydrogen-bond donors (Lipinski definition) is 0. The monoisotopic (exact) mass is 359 g/mol. The van der Waals surface area contributed by atoms with Crippen LogP contribution >= 0.6 is 11.8 Å². The molecule has 3 saturated heterocycles. The molecule has 9 heteroatoms.